The molecule has 0 bridgehead atoms. The first-order chi connectivity index (χ1) is 8.22. The highest BCUT2D eigenvalue weighted by molar-refractivity contribution is 5.85. The van der Waals surface area contributed by atoms with Gasteiger partial charge in [0, 0.05) is 13.1 Å². The number of nitrogens with two attached hydrogens (primary N) is 1. The number of rotatable bonds is 4. The molecule has 7 heteroatoms. The Labute approximate surface area is 124 Å². The van der Waals surface area contributed by atoms with E-state index in [0.717, 1.165) is 16.9 Å². The van der Waals surface area contributed by atoms with Crippen LogP contribution >= 0.6 is 24.8 Å². The standard InChI is InChI=1S/C12H16N4O.2ClH/c1-9-15-10-4-2-3-5-11(10)16(9)7-6-14-12(17)8-13;;/h2-5H,6-8,13H2,1H3,(H,14,17);2*1H. The average molecular weight is 305 g/mol. The maximum absolute atomic E-state index is 11.0. The molecule has 2 aromatic rings. The van der Waals surface area contributed by atoms with E-state index in [2.05, 4.69) is 14.9 Å². The minimum absolute atomic E-state index is 0. The molecule has 0 fully saturated rings. The molecule has 1 amide bonds. The Morgan fingerprint density at radius 2 is 2.05 bits per heavy atom. The molecule has 2 rings (SSSR count). The lowest BCUT2D eigenvalue weighted by Gasteiger charge is -2.07. The normalized spacial score (nSPS) is 9.58. The summed E-state index contributed by atoms with van der Waals surface area (Å²) in [6.07, 6.45) is 0. The van der Waals surface area contributed by atoms with Crippen molar-refractivity contribution in [3.05, 3.63) is 30.1 Å². The van der Waals surface area contributed by atoms with Gasteiger partial charge < -0.3 is 15.6 Å². The van der Waals surface area contributed by atoms with Crippen molar-refractivity contribution in [1.29, 1.82) is 0 Å². The van der Waals surface area contributed by atoms with Crippen LogP contribution in [-0.2, 0) is 11.3 Å². The number of amides is 1. The van der Waals surface area contributed by atoms with Gasteiger partial charge in [0.2, 0.25) is 5.91 Å². The van der Waals surface area contributed by atoms with E-state index in [-0.39, 0.29) is 37.3 Å². The van der Waals surface area contributed by atoms with E-state index in [0.29, 0.717) is 13.1 Å². The lowest BCUT2D eigenvalue weighted by molar-refractivity contribution is -0.119. The number of aryl methyl sites for hydroxylation is 1. The van der Waals surface area contributed by atoms with E-state index in [1.807, 2.05) is 31.2 Å². The number of halogens is 2. The fourth-order valence-electron chi connectivity index (χ4n) is 1.86. The summed E-state index contributed by atoms with van der Waals surface area (Å²) in [5.74, 6) is 0.820. The van der Waals surface area contributed by atoms with Gasteiger partial charge in [0.15, 0.2) is 0 Å². The van der Waals surface area contributed by atoms with E-state index in [1.54, 1.807) is 0 Å². The highest BCUT2D eigenvalue weighted by Gasteiger charge is 2.06. The molecule has 0 unspecified atom stereocenters. The second-order valence-corrected chi connectivity index (χ2v) is 3.85. The zero-order valence-electron chi connectivity index (χ0n) is 10.6. The van der Waals surface area contributed by atoms with Gasteiger partial charge in [-0.25, -0.2) is 4.98 Å². The molecule has 0 aliphatic heterocycles. The number of nitrogens with zero attached hydrogens (tertiary/aromatic N) is 2. The summed E-state index contributed by atoms with van der Waals surface area (Å²) in [5.41, 5.74) is 7.29. The summed E-state index contributed by atoms with van der Waals surface area (Å²) in [6.45, 7) is 3.27. The first kappa shape index (κ1) is 17.7. The number of aromatic nitrogens is 2. The molecule has 0 atom stereocenters. The third-order valence-corrected chi connectivity index (χ3v) is 2.69. The number of nitrogens with one attached hydrogen (secondary N) is 1. The highest BCUT2D eigenvalue weighted by atomic mass is 35.5. The second kappa shape index (κ2) is 7.99. The van der Waals surface area contributed by atoms with Crippen molar-refractivity contribution in [2.24, 2.45) is 5.73 Å². The van der Waals surface area contributed by atoms with Crippen molar-refractivity contribution in [2.45, 2.75) is 13.5 Å². The maximum atomic E-state index is 11.0. The van der Waals surface area contributed by atoms with Crippen LogP contribution in [0.1, 0.15) is 5.82 Å². The SMILES string of the molecule is Cc1nc2ccccc2n1CCNC(=O)CN.Cl.Cl. The zero-order valence-corrected chi connectivity index (χ0v) is 12.3. The van der Waals surface area contributed by atoms with E-state index in [9.17, 15) is 4.79 Å². The van der Waals surface area contributed by atoms with Crippen molar-refractivity contribution in [1.82, 2.24) is 14.9 Å². The number of carbonyl (C=O) groups excluding carboxylic acids is 1. The van der Waals surface area contributed by atoms with Gasteiger partial charge in [-0.15, -0.1) is 24.8 Å². The maximum Gasteiger partial charge on any atom is 0.233 e. The number of carbonyl (C=O) groups is 1. The summed E-state index contributed by atoms with van der Waals surface area (Å²) in [7, 11) is 0. The van der Waals surface area contributed by atoms with Crippen LogP contribution in [0.4, 0.5) is 0 Å². The Bertz CT molecular complexity index is 542. The van der Waals surface area contributed by atoms with Gasteiger partial charge >= 0.3 is 0 Å². The minimum Gasteiger partial charge on any atom is -0.353 e. The Morgan fingerprint density at radius 1 is 1.37 bits per heavy atom. The van der Waals surface area contributed by atoms with E-state index < -0.39 is 0 Å². The smallest absolute Gasteiger partial charge is 0.233 e. The van der Waals surface area contributed by atoms with E-state index >= 15 is 0 Å². The molecule has 0 aliphatic carbocycles. The molecule has 0 saturated heterocycles. The van der Waals surface area contributed by atoms with Crippen LogP contribution in [0.3, 0.4) is 0 Å². The topological polar surface area (TPSA) is 72.9 Å². The Hall–Kier alpha value is -1.30. The fraction of sp³-hybridized carbons (Fsp3) is 0.333. The van der Waals surface area contributed by atoms with Crippen LogP contribution in [0.2, 0.25) is 0 Å². The highest BCUT2D eigenvalue weighted by Crippen LogP contribution is 2.14. The monoisotopic (exact) mass is 304 g/mol. The molecule has 106 valence electrons. The lowest BCUT2D eigenvalue weighted by atomic mass is 10.3. The summed E-state index contributed by atoms with van der Waals surface area (Å²) in [5, 5.41) is 2.75. The summed E-state index contributed by atoms with van der Waals surface area (Å²) in [4.78, 5) is 15.5. The number of benzene rings is 1. The minimum atomic E-state index is -0.132. The lowest BCUT2D eigenvalue weighted by Crippen LogP contribution is -2.32. The first-order valence-corrected chi connectivity index (χ1v) is 5.61. The van der Waals surface area contributed by atoms with Crippen molar-refractivity contribution < 1.29 is 4.79 Å². The third kappa shape index (κ3) is 4.09. The average Bonchev–Trinajstić information content (AvgIpc) is 2.66. The zero-order chi connectivity index (χ0) is 12.3. The summed E-state index contributed by atoms with van der Waals surface area (Å²) >= 11 is 0. The van der Waals surface area contributed by atoms with Gasteiger partial charge in [-0.1, -0.05) is 12.1 Å². The van der Waals surface area contributed by atoms with Crippen molar-refractivity contribution >= 4 is 41.8 Å². The van der Waals surface area contributed by atoms with Crippen molar-refractivity contribution in [2.75, 3.05) is 13.1 Å². The van der Waals surface area contributed by atoms with Crippen LogP contribution in [0.5, 0.6) is 0 Å². The number of hydrogen-bond donors (Lipinski definition) is 2. The molecule has 1 aromatic carbocycles. The van der Waals surface area contributed by atoms with Crippen LogP contribution in [0.25, 0.3) is 11.0 Å². The predicted molar refractivity (Wildman–Crippen MR) is 81.0 cm³/mol. The molecule has 1 heterocycles. The molecule has 0 radical (unpaired) electrons. The summed E-state index contributed by atoms with van der Waals surface area (Å²) < 4.78 is 2.09. The number of hydrogen-bond acceptors (Lipinski definition) is 3. The molecule has 0 aliphatic rings. The molecule has 19 heavy (non-hydrogen) atoms. The molecular formula is C12H18Cl2N4O. The Kier molecular flexibility index (Phi) is 7.44. The second-order valence-electron chi connectivity index (χ2n) is 3.85. The van der Waals surface area contributed by atoms with Gasteiger partial charge in [0.05, 0.1) is 17.6 Å². The van der Waals surface area contributed by atoms with Gasteiger partial charge in [0.25, 0.3) is 0 Å². The quantitative estimate of drug-likeness (QED) is 0.893. The van der Waals surface area contributed by atoms with Gasteiger partial charge in [0.1, 0.15) is 5.82 Å². The largest absolute Gasteiger partial charge is 0.353 e. The number of fused-ring (bicyclic) bond motifs is 1. The predicted octanol–water partition coefficient (Wildman–Crippen LogP) is 1.26. The van der Waals surface area contributed by atoms with E-state index in [1.165, 1.54) is 0 Å². The molecule has 0 saturated carbocycles. The van der Waals surface area contributed by atoms with Gasteiger partial charge in [-0.3, -0.25) is 4.79 Å². The number of para-hydroxylation sites is 2. The van der Waals surface area contributed by atoms with Crippen LogP contribution in [-0.4, -0.2) is 28.5 Å². The molecule has 1 aromatic heterocycles. The van der Waals surface area contributed by atoms with E-state index in [4.69, 9.17) is 5.73 Å². The van der Waals surface area contributed by atoms with Crippen molar-refractivity contribution in [3.8, 4) is 0 Å². The molecule has 0 spiro atoms. The molecule has 3 N–H and O–H groups in total. The Balaban J connectivity index is 0.00000162. The summed E-state index contributed by atoms with van der Waals surface area (Å²) in [6, 6.07) is 7.96. The van der Waals surface area contributed by atoms with Crippen LogP contribution < -0.4 is 11.1 Å². The van der Waals surface area contributed by atoms with Gasteiger partial charge in [-0.2, -0.15) is 0 Å². The fourth-order valence-corrected chi connectivity index (χ4v) is 1.86. The molecular weight excluding hydrogens is 287 g/mol. The van der Waals surface area contributed by atoms with Crippen LogP contribution in [0, 0.1) is 6.92 Å². The molecule has 5 nitrogen and oxygen atoms in total. The van der Waals surface area contributed by atoms with Crippen molar-refractivity contribution in [3.63, 3.8) is 0 Å². The van der Waals surface area contributed by atoms with Gasteiger partial charge in [-0.05, 0) is 19.1 Å². The Morgan fingerprint density at radius 3 is 2.74 bits per heavy atom. The first-order valence-electron chi connectivity index (χ1n) is 5.61. The van der Waals surface area contributed by atoms with Crippen LogP contribution in [0.15, 0.2) is 24.3 Å². The number of imidazole rings is 1. The third-order valence-electron chi connectivity index (χ3n) is 2.69.